The third-order valence-corrected chi connectivity index (χ3v) is 2.16. The second-order valence-electron chi connectivity index (χ2n) is 3.98. The Morgan fingerprint density at radius 3 is 2.80 bits per heavy atom. The minimum absolute atomic E-state index is 0.00866. The van der Waals surface area contributed by atoms with E-state index in [1.54, 1.807) is 0 Å². The molecule has 15 heavy (non-hydrogen) atoms. The van der Waals surface area contributed by atoms with Crippen LogP contribution in [0.4, 0.5) is 0 Å². The molecule has 1 aromatic heterocycles. The molecular formula is C11H19N3O. The van der Waals surface area contributed by atoms with Crippen molar-refractivity contribution in [3.63, 3.8) is 0 Å². The van der Waals surface area contributed by atoms with E-state index in [2.05, 4.69) is 10.2 Å². The Labute approximate surface area is 90.9 Å². The van der Waals surface area contributed by atoms with Crippen molar-refractivity contribution in [3.05, 3.63) is 24.0 Å². The van der Waals surface area contributed by atoms with E-state index < -0.39 is 0 Å². The van der Waals surface area contributed by atoms with Gasteiger partial charge in [0.05, 0.1) is 5.56 Å². The average molecular weight is 209 g/mol. The van der Waals surface area contributed by atoms with Crippen LogP contribution >= 0.6 is 0 Å². The lowest BCUT2D eigenvalue weighted by molar-refractivity contribution is 0.0952. The van der Waals surface area contributed by atoms with Gasteiger partial charge < -0.3 is 14.8 Å². The van der Waals surface area contributed by atoms with E-state index in [9.17, 15) is 4.79 Å². The Kier molecular flexibility index (Phi) is 4.37. The molecule has 4 nitrogen and oxygen atoms in total. The van der Waals surface area contributed by atoms with Crippen molar-refractivity contribution >= 4 is 5.91 Å². The fraction of sp³-hybridized carbons (Fsp3) is 0.545. The standard InChI is InChI=1S/C11H19N3O/c1-13(2)7-4-6-12-11(15)10-5-8-14(3)9-10/h5,8-9H,4,6-7H2,1-3H3,(H,12,15). The molecule has 1 aromatic rings. The van der Waals surface area contributed by atoms with Crippen molar-refractivity contribution in [1.82, 2.24) is 14.8 Å². The van der Waals surface area contributed by atoms with Gasteiger partial charge in [-0.15, -0.1) is 0 Å². The summed E-state index contributed by atoms with van der Waals surface area (Å²) in [4.78, 5) is 13.7. The maximum Gasteiger partial charge on any atom is 0.252 e. The first-order valence-corrected chi connectivity index (χ1v) is 5.14. The highest BCUT2D eigenvalue weighted by Gasteiger charge is 2.04. The first-order valence-electron chi connectivity index (χ1n) is 5.14. The van der Waals surface area contributed by atoms with Crippen LogP contribution in [0.2, 0.25) is 0 Å². The Morgan fingerprint density at radius 1 is 1.53 bits per heavy atom. The number of nitrogens with one attached hydrogen (secondary N) is 1. The van der Waals surface area contributed by atoms with Crippen LogP contribution in [-0.2, 0) is 7.05 Å². The third kappa shape index (κ3) is 4.16. The van der Waals surface area contributed by atoms with Crippen molar-refractivity contribution in [1.29, 1.82) is 0 Å². The van der Waals surface area contributed by atoms with Crippen LogP contribution < -0.4 is 5.32 Å². The van der Waals surface area contributed by atoms with Crippen LogP contribution in [0, 0.1) is 0 Å². The van der Waals surface area contributed by atoms with Crippen molar-refractivity contribution in [2.75, 3.05) is 27.2 Å². The van der Waals surface area contributed by atoms with E-state index in [1.807, 2.05) is 44.2 Å². The number of hydrogen-bond donors (Lipinski definition) is 1. The van der Waals surface area contributed by atoms with Gasteiger partial charge in [-0.05, 0) is 33.1 Å². The molecule has 0 aliphatic carbocycles. The summed E-state index contributed by atoms with van der Waals surface area (Å²) in [6.07, 6.45) is 4.67. The van der Waals surface area contributed by atoms with Crippen LogP contribution in [0.15, 0.2) is 18.5 Å². The summed E-state index contributed by atoms with van der Waals surface area (Å²) >= 11 is 0. The summed E-state index contributed by atoms with van der Waals surface area (Å²) in [7, 11) is 5.96. The largest absolute Gasteiger partial charge is 0.356 e. The monoisotopic (exact) mass is 209 g/mol. The fourth-order valence-corrected chi connectivity index (χ4v) is 1.34. The number of amides is 1. The maximum atomic E-state index is 11.6. The Bertz CT molecular complexity index is 317. The zero-order valence-electron chi connectivity index (χ0n) is 9.66. The minimum atomic E-state index is 0.00866. The molecule has 0 saturated heterocycles. The van der Waals surface area contributed by atoms with Crippen molar-refractivity contribution in [2.45, 2.75) is 6.42 Å². The van der Waals surface area contributed by atoms with Crippen LogP contribution in [-0.4, -0.2) is 42.6 Å². The molecular weight excluding hydrogens is 190 g/mol. The summed E-state index contributed by atoms with van der Waals surface area (Å²) in [5.41, 5.74) is 0.724. The topological polar surface area (TPSA) is 37.3 Å². The number of carbonyl (C=O) groups excluding carboxylic acids is 1. The molecule has 0 atom stereocenters. The number of carbonyl (C=O) groups is 1. The molecule has 0 radical (unpaired) electrons. The fourth-order valence-electron chi connectivity index (χ4n) is 1.34. The predicted molar refractivity (Wildman–Crippen MR) is 60.9 cm³/mol. The maximum absolute atomic E-state index is 11.6. The Morgan fingerprint density at radius 2 is 2.27 bits per heavy atom. The van der Waals surface area contributed by atoms with Gasteiger partial charge in [-0.25, -0.2) is 0 Å². The lowest BCUT2D eigenvalue weighted by Gasteiger charge is -2.09. The van der Waals surface area contributed by atoms with Gasteiger partial charge in [0, 0.05) is 26.0 Å². The Balaban J connectivity index is 2.25. The van der Waals surface area contributed by atoms with Gasteiger partial charge in [-0.3, -0.25) is 4.79 Å². The van der Waals surface area contributed by atoms with Gasteiger partial charge >= 0.3 is 0 Å². The molecule has 0 aliphatic heterocycles. The summed E-state index contributed by atoms with van der Waals surface area (Å²) in [5.74, 6) is 0.00866. The van der Waals surface area contributed by atoms with Gasteiger partial charge in [0.2, 0.25) is 0 Å². The van der Waals surface area contributed by atoms with E-state index in [1.165, 1.54) is 0 Å². The lowest BCUT2D eigenvalue weighted by atomic mass is 10.3. The molecule has 1 amide bonds. The number of rotatable bonds is 5. The second-order valence-corrected chi connectivity index (χ2v) is 3.98. The van der Waals surface area contributed by atoms with Gasteiger partial charge in [0.25, 0.3) is 5.91 Å². The predicted octanol–water partition coefficient (Wildman–Crippen LogP) is 0.707. The second kappa shape index (κ2) is 5.56. The molecule has 84 valence electrons. The average Bonchev–Trinajstić information content (AvgIpc) is 2.59. The zero-order chi connectivity index (χ0) is 11.3. The molecule has 4 heteroatoms. The van der Waals surface area contributed by atoms with E-state index >= 15 is 0 Å². The van der Waals surface area contributed by atoms with Crippen LogP contribution in [0.1, 0.15) is 16.8 Å². The lowest BCUT2D eigenvalue weighted by Crippen LogP contribution is -2.26. The first kappa shape index (κ1) is 11.8. The van der Waals surface area contributed by atoms with Crippen LogP contribution in [0.3, 0.4) is 0 Å². The molecule has 0 fully saturated rings. The normalized spacial score (nSPS) is 10.7. The van der Waals surface area contributed by atoms with Gasteiger partial charge in [0.1, 0.15) is 0 Å². The highest BCUT2D eigenvalue weighted by molar-refractivity contribution is 5.93. The zero-order valence-corrected chi connectivity index (χ0v) is 9.66. The highest BCUT2D eigenvalue weighted by atomic mass is 16.1. The third-order valence-electron chi connectivity index (χ3n) is 2.16. The van der Waals surface area contributed by atoms with E-state index in [-0.39, 0.29) is 5.91 Å². The quantitative estimate of drug-likeness (QED) is 0.725. The Hall–Kier alpha value is -1.29. The van der Waals surface area contributed by atoms with Crippen LogP contribution in [0.5, 0.6) is 0 Å². The van der Waals surface area contributed by atoms with E-state index in [4.69, 9.17) is 0 Å². The summed E-state index contributed by atoms with van der Waals surface area (Å²) in [5, 5.41) is 2.89. The summed E-state index contributed by atoms with van der Waals surface area (Å²) in [6, 6.07) is 1.82. The molecule has 1 rings (SSSR count). The van der Waals surface area contributed by atoms with Crippen LogP contribution in [0.25, 0.3) is 0 Å². The van der Waals surface area contributed by atoms with Crippen molar-refractivity contribution in [3.8, 4) is 0 Å². The molecule has 0 unspecified atom stereocenters. The van der Waals surface area contributed by atoms with Gasteiger partial charge in [-0.2, -0.15) is 0 Å². The molecule has 0 saturated carbocycles. The smallest absolute Gasteiger partial charge is 0.252 e. The molecule has 0 bridgehead atoms. The number of hydrogen-bond acceptors (Lipinski definition) is 2. The number of aryl methyl sites for hydroxylation is 1. The first-order chi connectivity index (χ1) is 7.09. The molecule has 1 heterocycles. The molecule has 0 aromatic carbocycles. The van der Waals surface area contributed by atoms with E-state index in [0.717, 1.165) is 25.1 Å². The SMILES string of the molecule is CN(C)CCCNC(=O)c1ccn(C)c1. The summed E-state index contributed by atoms with van der Waals surface area (Å²) < 4.78 is 1.87. The van der Waals surface area contributed by atoms with E-state index in [0.29, 0.717) is 0 Å². The molecule has 0 spiro atoms. The van der Waals surface area contributed by atoms with Gasteiger partial charge in [-0.1, -0.05) is 0 Å². The minimum Gasteiger partial charge on any atom is -0.356 e. The molecule has 1 N–H and O–H groups in total. The number of aromatic nitrogens is 1. The van der Waals surface area contributed by atoms with Crippen molar-refractivity contribution in [2.24, 2.45) is 7.05 Å². The molecule has 0 aliphatic rings. The highest BCUT2D eigenvalue weighted by Crippen LogP contribution is 1.98. The van der Waals surface area contributed by atoms with Crippen molar-refractivity contribution < 1.29 is 4.79 Å². The van der Waals surface area contributed by atoms with Gasteiger partial charge in [0.15, 0.2) is 0 Å². The summed E-state index contributed by atoms with van der Waals surface area (Å²) in [6.45, 7) is 1.72. The number of nitrogens with zero attached hydrogens (tertiary/aromatic N) is 2.